The zero-order valence-electron chi connectivity index (χ0n) is 25.0. The number of urea groups is 1. The molecule has 4 N–H and O–H groups in total. The lowest BCUT2D eigenvalue weighted by molar-refractivity contribution is -0.254. The van der Waals surface area contributed by atoms with Crippen LogP contribution in [0.4, 0.5) is 10.5 Å². The van der Waals surface area contributed by atoms with Gasteiger partial charge in [0.1, 0.15) is 17.9 Å². The Morgan fingerprint density at radius 2 is 1.72 bits per heavy atom. The molecular weight excluding hydrogens is 548 g/mol. The molecule has 0 bridgehead atoms. The number of hydrazine groups is 1. The Morgan fingerprint density at radius 3 is 2.42 bits per heavy atom. The lowest BCUT2D eigenvalue weighted by Crippen LogP contribution is -2.40. The van der Waals surface area contributed by atoms with Crippen LogP contribution in [0.1, 0.15) is 30.6 Å². The highest BCUT2D eigenvalue weighted by molar-refractivity contribution is 6.07. The molecule has 1 aliphatic carbocycles. The summed E-state index contributed by atoms with van der Waals surface area (Å²) in [6.45, 7) is 6.86. The first-order valence-corrected chi connectivity index (χ1v) is 14.4. The van der Waals surface area contributed by atoms with Gasteiger partial charge in [0.05, 0.1) is 24.3 Å². The molecule has 1 heterocycles. The van der Waals surface area contributed by atoms with Gasteiger partial charge < -0.3 is 35.3 Å². The van der Waals surface area contributed by atoms with Crippen LogP contribution in [0.3, 0.4) is 0 Å². The third-order valence-corrected chi connectivity index (χ3v) is 7.31. The van der Waals surface area contributed by atoms with Crippen LogP contribution < -0.4 is 41.4 Å². The summed E-state index contributed by atoms with van der Waals surface area (Å²) in [4.78, 5) is 35.5. The van der Waals surface area contributed by atoms with E-state index in [2.05, 4.69) is 26.0 Å². The number of aromatic carboxylic acids is 1. The number of carbonyl (C=O) groups is 3. The van der Waals surface area contributed by atoms with Gasteiger partial charge in [0.2, 0.25) is 11.3 Å². The Balaban J connectivity index is 1.89. The number of benzene rings is 3. The van der Waals surface area contributed by atoms with Crippen LogP contribution in [0, 0.1) is 0 Å². The molecule has 0 saturated carbocycles. The first kappa shape index (κ1) is 31.0. The predicted molar refractivity (Wildman–Crippen MR) is 165 cm³/mol. The molecule has 0 radical (unpaired) electrons. The number of nitrogens with zero attached hydrogens (tertiary/aromatic N) is 2. The molecule has 0 saturated heterocycles. The van der Waals surface area contributed by atoms with E-state index < -0.39 is 5.97 Å². The lowest BCUT2D eigenvalue weighted by Gasteiger charge is -2.25. The average Bonchev–Trinajstić information content (AvgIpc) is 3.03. The molecule has 226 valence electrons. The highest BCUT2D eigenvalue weighted by Gasteiger charge is 2.21. The molecule has 2 aromatic carbocycles. The van der Waals surface area contributed by atoms with E-state index in [4.69, 9.17) is 4.42 Å². The summed E-state index contributed by atoms with van der Waals surface area (Å²) in [5.41, 5.74) is 6.81. The van der Waals surface area contributed by atoms with Crippen molar-refractivity contribution < 1.29 is 23.9 Å². The van der Waals surface area contributed by atoms with Gasteiger partial charge in [-0.2, -0.15) is 0 Å². The summed E-state index contributed by atoms with van der Waals surface area (Å²) in [6, 6.07) is 18.2. The van der Waals surface area contributed by atoms with Crippen LogP contribution in [0.25, 0.3) is 33.4 Å². The fraction of sp³-hybridized carbons (Fsp3) is 0.312. The van der Waals surface area contributed by atoms with Crippen LogP contribution in [-0.2, 0) is 4.79 Å². The molecule has 4 rings (SSSR count). The Bertz CT molecular complexity index is 1660. The first-order chi connectivity index (χ1) is 20.8. The molecule has 0 unspecified atom stereocenters. The average molecular weight is 587 g/mol. The van der Waals surface area contributed by atoms with Gasteiger partial charge in [-0.1, -0.05) is 24.3 Å². The summed E-state index contributed by atoms with van der Waals surface area (Å²) in [5.74, 6) is -0.732. The maximum absolute atomic E-state index is 12.2. The monoisotopic (exact) mass is 586 g/mol. The minimum Gasteiger partial charge on any atom is -0.545 e. The van der Waals surface area contributed by atoms with Gasteiger partial charge in [0.25, 0.3) is 0 Å². The Morgan fingerprint density at radius 1 is 0.930 bits per heavy atom. The van der Waals surface area contributed by atoms with Gasteiger partial charge in [0.15, 0.2) is 6.54 Å². The van der Waals surface area contributed by atoms with Gasteiger partial charge in [-0.25, -0.2) is 14.8 Å². The van der Waals surface area contributed by atoms with Crippen molar-refractivity contribution in [2.45, 2.75) is 20.3 Å². The van der Waals surface area contributed by atoms with Crippen molar-refractivity contribution >= 4 is 34.6 Å². The smallest absolute Gasteiger partial charge is 0.314 e. The predicted octanol–water partition coefficient (Wildman–Crippen LogP) is 1.76. The molecule has 0 fully saturated rings. The van der Waals surface area contributed by atoms with E-state index in [0.29, 0.717) is 56.1 Å². The topological polar surface area (TPSA) is 142 Å². The van der Waals surface area contributed by atoms with Gasteiger partial charge >= 0.3 is 6.03 Å². The Labute approximate surface area is 250 Å². The summed E-state index contributed by atoms with van der Waals surface area (Å²) in [5, 5.41) is 23.7. The number of amides is 3. The molecule has 11 nitrogen and oxygen atoms in total. The third kappa shape index (κ3) is 7.12. The van der Waals surface area contributed by atoms with Crippen molar-refractivity contribution in [1.82, 2.24) is 26.0 Å². The van der Waals surface area contributed by atoms with Gasteiger partial charge in [0, 0.05) is 67.8 Å². The van der Waals surface area contributed by atoms with Crippen LogP contribution >= 0.6 is 0 Å². The lowest BCUT2D eigenvalue weighted by atomic mass is 9.90. The largest absolute Gasteiger partial charge is 0.545 e. The summed E-state index contributed by atoms with van der Waals surface area (Å²) < 4.78 is 8.63. The molecule has 2 aromatic rings. The van der Waals surface area contributed by atoms with Crippen molar-refractivity contribution in [3.63, 3.8) is 0 Å². The van der Waals surface area contributed by atoms with Gasteiger partial charge in [-0.3, -0.25) is 4.79 Å². The van der Waals surface area contributed by atoms with Crippen LogP contribution in [0.2, 0.25) is 0 Å². The number of carbonyl (C=O) groups excluding carboxylic acids is 3. The van der Waals surface area contributed by atoms with Crippen molar-refractivity contribution in [3.05, 3.63) is 71.6 Å². The minimum atomic E-state index is -1.26. The van der Waals surface area contributed by atoms with Crippen LogP contribution in [-0.4, -0.2) is 64.7 Å². The molecule has 43 heavy (non-hydrogen) atoms. The second-order valence-electron chi connectivity index (χ2n) is 9.83. The number of hydrogen-bond donors (Lipinski definition) is 4. The highest BCUT2D eigenvalue weighted by Crippen LogP contribution is 2.41. The molecule has 0 spiro atoms. The first-order valence-electron chi connectivity index (χ1n) is 14.4. The number of fused-ring (bicyclic) bond motifs is 2. The number of likely N-dealkylation sites (N-methyl/N-ethyl adjacent to an activating group) is 1. The zero-order valence-corrected chi connectivity index (χ0v) is 25.0. The van der Waals surface area contributed by atoms with Crippen LogP contribution in [0.15, 0.2) is 65.1 Å². The summed E-state index contributed by atoms with van der Waals surface area (Å²) in [6.07, 6.45) is 0.328. The molecule has 0 atom stereocenters. The summed E-state index contributed by atoms with van der Waals surface area (Å²) in [7, 11) is 3.18. The third-order valence-electron chi connectivity index (χ3n) is 7.31. The molecule has 11 heteroatoms. The van der Waals surface area contributed by atoms with Crippen molar-refractivity contribution in [3.8, 4) is 22.5 Å². The second kappa shape index (κ2) is 14.3. The van der Waals surface area contributed by atoms with Gasteiger partial charge in [-0.15, -0.1) is 0 Å². The van der Waals surface area contributed by atoms with Crippen LogP contribution in [0.5, 0.6) is 0 Å². The quantitative estimate of drug-likeness (QED) is 0.113. The number of rotatable bonds is 12. The van der Waals surface area contributed by atoms with Crippen molar-refractivity contribution in [2.75, 3.05) is 51.8 Å². The summed E-state index contributed by atoms with van der Waals surface area (Å²) >= 11 is 0. The standard InChI is InChI=1S/C32H38N6O5/c1-5-37(18-17-35-32(42)34-4)21-11-13-25-27(19-21)43-28-20-22(38(6-2)36-16-15-29(39)33-3)12-14-26(28)30(25)23-9-7-8-10-24(23)31(40)41/h7-14,19-20,36H,5-6,15-18H2,1-4H3,(H3-,33,34,35,39,40,41,42). The second-order valence-corrected chi connectivity index (χ2v) is 9.83. The fourth-order valence-corrected chi connectivity index (χ4v) is 5.08. The van der Waals surface area contributed by atoms with E-state index in [1.165, 1.54) is 0 Å². The number of carboxylic acids is 1. The van der Waals surface area contributed by atoms with Crippen molar-refractivity contribution in [2.24, 2.45) is 0 Å². The number of carboxylic acid groups (broad SMARTS) is 1. The van der Waals surface area contributed by atoms with E-state index in [-0.39, 0.29) is 17.5 Å². The maximum atomic E-state index is 12.2. The maximum Gasteiger partial charge on any atom is 0.314 e. The van der Waals surface area contributed by atoms with E-state index in [1.807, 2.05) is 55.3 Å². The van der Waals surface area contributed by atoms with E-state index in [1.54, 1.807) is 38.4 Å². The number of hydrogen-bond acceptors (Lipinski definition) is 7. The number of anilines is 1. The van der Waals surface area contributed by atoms with E-state index in [9.17, 15) is 19.5 Å². The molecular formula is C32H38N6O5. The van der Waals surface area contributed by atoms with Crippen molar-refractivity contribution in [1.29, 1.82) is 0 Å². The fourth-order valence-electron chi connectivity index (χ4n) is 5.08. The number of nitrogens with one attached hydrogen (secondary N) is 4. The van der Waals surface area contributed by atoms with Gasteiger partial charge in [-0.05, 0) is 37.6 Å². The SMILES string of the molecule is CCN(NCCC(=O)NC)c1ccc2c(-c3ccccc3C(=O)[O-])c3ccc(=[N+](CC)CCNC(=O)NC)cc-3oc2c1. The molecule has 3 amide bonds. The normalized spacial score (nSPS) is 11.7. The minimum absolute atomic E-state index is 0.0545. The van der Waals surface area contributed by atoms with E-state index in [0.717, 1.165) is 27.6 Å². The zero-order chi connectivity index (χ0) is 30.9. The van der Waals surface area contributed by atoms with E-state index >= 15 is 0 Å². The molecule has 2 aliphatic rings. The molecule has 0 aromatic heterocycles. The molecule has 1 aliphatic heterocycles. The Hall–Kier alpha value is -4.90. The Kier molecular flexibility index (Phi) is 10.3. The highest BCUT2D eigenvalue weighted by atomic mass is 16.4.